The highest BCUT2D eigenvalue weighted by molar-refractivity contribution is 5.53. The largest absolute Gasteiger partial charge is 0.479 e. The van der Waals surface area contributed by atoms with Crippen LogP contribution in [0.15, 0.2) is 12.1 Å². The van der Waals surface area contributed by atoms with Crippen LogP contribution in [0.5, 0.6) is 5.88 Å². The maximum atomic E-state index is 5.66. The monoisotopic (exact) mass is 209 g/mol. The number of rotatable bonds is 6. The molecule has 1 aromatic heterocycles. The Labute approximate surface area is 90.8 Å². The summed E-state index contributed by atoms with van der Waals surface area (Å²) < 4.78 is 5.04. The summed E-state index contributed by atoms with van der Waals surface area (Å²) in [5.41, 5.74) is 6.23. The Hall–Kier alpha value is -1.45. The second-order valence-electron chi connectivity index (χ2n) is 3.43. The van der Waals surface area contributed by atoms with E-state index >= 15 is 0 Å². The van der Waals surface area contributed by atoms with E-state index in [0.29, 0.717) is 11.6 Å². The summed E-state index contributed by atoms with van der Waals surface area (Å²) in [6.45, 7) is 3.12. The van der Waals surface area contributed by atoms with Gasteiger partial charge in [0.15, 0.2) is 0 Å². The minimum Gasteiger partial charge on any atom is -0.479 e. The molecule has 1 rings (SSSR count). The summed E-state index contributed by atoms with van der Waals surface area (Å²) in [4.78, 5) is 4.23. The molecule has 0 unspecified atom stereocenters. The second kappa shape index (κ2) is 6.11. The third kappa shape index (κ3) is 3.65. The average Bonchev–Trinajstić information content (AvgIpc) is 2.26. The molecule has 4 heteroatoms. The zero-order valence-electron chi connectivity index (χ0n) is 9.42. The van der Waals surface area contributed by atoms with Gasteiger partial charge < -0.3 is 15.8 Å². The topological polar surface area (TPSA) is 60.2 Å². The number of anilines is 2. The third-order valence-electron chi connectivity index (χ3n) is 2.17. The molecule has 4 nitrogen and oxygen atoms in total. The van der Waals surface area contributed by atoms with Crippen molar-refractivity contribution in [1.29, 1.82) is 0 Å². The smallest absolute Gasteiger partial charge is 0.238 e. The number of nitrogens with two attached hydrogens (primary N) is 1. The molecule has 0 aliphatic carbocycles. The molecule has 0 spiro atoms. The SMILES string of the molecule is CCCCCNc1ccc(N)c(OC)n1. The summed E-state index contributed by atoms with van der Waals surface area (Å²) in [6.07, 6.45) is 3.62. The molecule has 1 heterocycles. The fraction of sp³-hybridized carbons (Fsp3) is 0.545. The average molecular weight is 209 g/mol. The zero-order chi connectivity index (χ0) is 11.1. The molecule has 0 saturated carbocycles. The van der Waals surface area contributed by atoms with Crippen LogP contribution in [0, 0.1) is 0 Å². The lowest BCUT2D eigenvalue weighted by atomic mass is 10.2. The first-order valence-electron chi connectivity index (χ1n) is 5.32. The molecule has 0 fully saturated rings. The first-order valence-corrected chi connectivity index (χ1v) is 5.32. The minimum absolute atomic E-state index is 0.482. The van der Waals surface area contributed by atoms with E-state index in [1.54, 1.807) is 13.2 Å². The van der Waals surface area contributed by atoms with Gasteiger partial charge >= 0.3 is 0 Å². The van der Waals surface area contributed by atoms with Gasteiger partial charge in [0.05, 0.1) is 12.8 Å². The molecular weight excluding hydrogens is 190 g/mol. The predicted octanol–water partition coefficient (Wildman–Crippen LogP) is 2.27. The minimum atomic E-state index is 0.482. The second-order valence-corrected chi connectivity index (χ2v) is 3.43. The summed E-state index contributed by atoms with van der Waals surface area (Å²) in [5.74, 6) is 1.30. The third-order valence-corrected chi connectivity index (χ3v) is 2.17. The van der Waals surface area contributed by atoms with Crippen LogP contribution in [0.3, 0.4) is 0 Å². The molecule has 15 heavy (non-hydrogen) atoms. The molecule has 1 aromatic rings. The van der Waals surface area contributed by atoms with E-state index < -0.39 is 0 Å². The lowest BCUT2D eigenvalue weighted by Gasteiger charge is -2.08. The van der Waals surface area contributed by atoms with Gasteiger partial charge in [-0.1, -0.05) is 19.8 Å². The summed E-state index contributed by atoms with van der Waals surface area (Å²) in [6, 6.07) is 3.66. The van der Waals surface area contributed by atoms with Crippen molar-refractivity contribution in [2.24, 2.45) is 0 Å². The van der Waals surface area contributed by atoms with E-state index in [2.05, 4.69) is 17.2 Å². The number of hydrogen-bond acceptors (Lipinski definition) is 4. The fourth-order valence-electron chi connectivity index (χ4n) is 1.30. The highest BCUT2D eigenvalue weighted by Gasteiger charge is 2.01. The molecular formula is C11H19N3O. The van der Waals surface area contributed by atoms with Crippen molar-refractivity contribution >= 4 is 11.5 Å². The number of pyridine rings is 1. The van der Waals surface area contributed by atoms with Crippen molar-refractivity contribution in [3.63, 3.8) is 0 Å². The molecule has 0 aliphatic heterocycles. The van der Waals surface area contributed by atoms with E-state index in [9.17, 15) is 0 Å². The molecule has 0 aromatic carbocycles. The number of hydrogen-bond donors (Lipinski definition) is 2. The molecule has 0 amide bonds. The molecule has 3 N–H and O–H groups in total. The van der Waals surface area contributed by atoms with Gasteiger partial charge in [-0.3, -0.25) is 0 Å². The Kier molecular flexibility index (Phi) is 4.74. The van der Waals surface area contributed by atoms with Crippen LogP contribution in [-0.4, -0.2) is 18.6 Å². The first kappa shape index (κ1) is 11.6. The van der Waals surface area contributed by atoms with Crippen molar-refractivity contribution in [1.82, 2.24) is 4.98 Å². The fourth-order valence-corrected chi connectivity index (χ4v) is 1.30. The first-order chi connectivity index (χ1) is 7.27. The van der Waals surface area contributed by atoms with Crippen LogP contribution < -0.4 is 15.8 Å². The van der Waals surface area contributed by atoms with E-state index in [-0.39, 0.29) is 0 Å². The maximum absolute atomic E-state index is 5.66. The number of ether oxygens (including phenoxy) is 1. The standard InChI is InChI=1S/C11H19N3O/c1-3-4-5-8-13-10-7-6-9(12)11(14-10)15-2/h6-7H,3-5,8,12H2,1-2H3,(H,13,14). The van der Waals surface area contributed by atoms with Gasteiger partial charge in [0, 0.05) is 6.54 Å². The number of methoxy groups -OCH3 is 1. The normalized spacial score (nSPS) is 10.0. The lowest BCUT2D eigenvalue weighted by Crippen LogP contribution is -2.04. The van der Waals surface area contributed by atoms with Crippen LogP contribution in [0.1, 0.15) is 26.2 Å². The number of nitrogens with one attached hydrogen (secondary N) is 1. The Bertz CT molecular complexity index is 302. The number of unbranched alkanes of at least 4 members (excludes halogenated alkanes) is 2. The molecule has 0 aliphatic rings. The Morgan fingerprint density at radius 2 is 2.20 bits per heavy atom. The van der Waals surface area contributed by atoms with Gasteiger partial charge in [-0.2, -0.15) is 4.98 Å². The lowest BCUT2D eigenvalue weighted by molar-refractivity contribution is 0.401. The highest BCUT2D eigenvalue weighted by Crippen LogP contribution is 2.19. The Morgan fingerprint density at radius 3 is 2.87 bits per heavy atom. The summed E-state index contributed by atoms with van der Waals surface area (Å²) in [7, 11) is 1.57. The van der Waals surface area contributed by atoms with Crippen molar-refractivity contribution < 1.29 is 4.74 Å². The van der Waals surface area contributed by atoms with Gasteiger partial charge in [-0.15, -0.1) is 0 Å². The molecule has 0 bridgehead atoms. The summed E-state index contributed by atoms with van der Waals surface area (Å²) in [5, 5.41) is 3.23. The quantitative estimate of drug-likeness (QED) is 0.706. The van der Waals surface area contributed by atoms with E-state index in [1.165, 1.54) is 12.8 Å². The number of nitrogens with zero attached hydrogens (tertiary/aromatic N) is 1. The van der Waals surface area contributed by atoms with Gasteiger partial charge in [0.25, 0.3) is 0 Å². The van der Waals surface area contributed by atoms with Crippen LogP contribution in [-0.2, 0) is 0 Å². The van der Waals surface area contributed by atoms with Crippen molar-refractivity contribution in [2.45, 2.75) is 26.2 Å². The summed E-state index contributed by atoms with van der Waals surface area (Å²) >= 11 is 0. The highest BCUT2D eigenvalue weighted by atomic mass is 16.5. The van der Waals surface area contributed by atoms with Crippen molar-refractivity contribution in [3.8, 4) is 5.88 Å². The van der Waals surface area contributed by atoms with Crippen molar-refractivity contribution in [2.75, 3.05) is 24.7 Å². The van der Waals surface area contributed by atoms with E-state index in [0.717, 1.165) is 18.8 Å². The van der Waals surface area contributed by atoms with Crippen molar-refractivity contribution in [3.05, 3.63) is 12.1 Å². The molecule has 0 atom stereocenters. The Balaban J connectivity index is 2.47. The molecule has 0 saturated heterocycles. The zero-order valence-corrected chi connectivity index (χ0v) is 9.42. The molecule has 0 radical (unpaired) electrons. The number of nitrogen functional groups attached to an aromatic ring is 1. The Morgan fingerprint density at radius 1 is 1.40 bits per heavy atom. The molecule has 84 valence electrons. The van der Waals surface area contributed by atoms with Gasteiger partial charge in [-0.05, 0) is 18.6 Å². The van der Waals surface area contributed by atoms with E-state index in [4.69, 9.17) is 10.5 Å². The number of aromatic nitrogens is 1. The van der Waals surface area contributed by atoms with E-state index in [1.807, 2.05) is 6.07 Å². The van der Waals surface area contributed by atoms with Crippen LogP contribution in [0.2, 0.25) is 0 Å². The maximum Gasteiger partial charge on any atom is 0.238 e. The van der Waals surface area contributed by atoms with Gasteiger partial charge in [0.2, 0.25) is 5.88 Å². The van der Waals surface area contributed by atoms with Crippen LogP contribution in [0.4, 0.5) is 11.5 Å². The van der Waals surface area contributed by atoms with Crippen LogP contribution >= 0.6 is 0 Å². The van der Waals surface area contributed by atoms with Crippen LogP contribution in [0.25, 0.3) is 0 Å². The predicted molar refractivity (Wildman–Crippen MR) is 63.2 cm³/mol. The van der Waals surface area contributed by atoms with Gasteiger partial charge in [-0.25, -0.2) is 0 Å². The van der Waals surface area contributed by atoms with Gasteiger partial charge in [0.1, 0.15) is 5.82 Å².